The fourth-order valence-corrected chi connectivity index (χ4v) is 3.51. The van der Waals surface area contributed by atoms with Crippen LogP contribution in [-0.2, 0) is 14.3 Å². The van der Waals surface area contributed by atoms with Crippen LogP contribution in [0.25, 0.3) is 0 Å². The van der Waals surface area contributed by atoms with Crippen molar-refractivity contribution in [1.29, 1.82) is 0 Å². The van der Waals surface area contributed by atoms with E-state index in [-0.39, 0.29) is 17.6 Å². The Morgan fingerprint density at radius 3 is 2.58 bits per heavy atom. The smallest absolute Gasteiger partial charge is 0.226 e. The average molecular weight is 265 g/mol. The van der Waals surface area contributed by atoms with Crippen LogP contribution >= 0.6 is 0 Å². The normalized spacial score (nSPS) is 30.4. The molecule has 0 saturated carbocycles. The Balaban J connectivity index is 1.53. The number of ether oxygens (including phenoxy) is 2. The zero-order valence-corrected chi connectivity index (χ0v) is 11.6. The molecule has 3 rings (SSSR count). The van der Waals surface area contributed by atoms with E-state index in [0.717, 1.165) is 45.2 Å². The van der Waals surface area contributed by atoms with Crippen molar-refractivity contribution in [2.45, 2.75) is 43.8 Å². The second-order valence-electron chi connectivity index (χ2n) is 6.02. The van der Waals surface area contributed by atoms with Crippen LogP contribution in [0.5, 0.6) is 0 Å². The largest absolute Gasteiger partial charge is 0.379 e. The first-order chi connectivity index (χ1) is 9.22. The van der Waals surface area contributed by atoms with Crippen LogP contribution < -0.4 is 0 Å². The van der Waals surface area contributed by atoms with Gasteiger partial charge in [0.2, 0.25) is 5.91 Å². The van der Waals surface area contributed by atoms with Crippen LogP contribution in [0.3, 0.4) is 0 Å². The number of rotatable bonds is 2. The Bertz CT molecular complexity index is 364. The van der Waals surface area contributed by atoms with Crippen molar-refractivity contribution in [1.82, 2.24) is 4.90 Å². The predicted octanol–water partition coefficient (Wildman–Crippen LogP) is 1.75. The molecule has 0 aromatic carbocycles. The molecule has 2 heterocycles. The first-order valence-corrected chi connectivity index (χ1v) is 7.33. The van der Waals surface area contributed by atoms with Gasteiger partial charge >= 0.3 is 0 Å². The monoisotopic (exact) mass is 265 g/mol. The number of hydrogen-bond donors (Lipinski definition) is 0. The maximum absolute atomic E-state index is 12.3. The molecule has 1 atom stereocenters. The van der Waals surface area contributed by atoms with Crippen LogP contribution in [0.4, 0.5) is 0 Å². The maximum Gasteiger partial charge on any atom is 0.226 e. The van der Waals surface area contributed by atoms with Crippen molar-refractivity contribution < 1.29 is 14.3 Å². The minimum atomic E-state index is -0.0224. The summed E-state index contributed by atoms with van der Waals surface area (Å²) in [5.41, 5.74) is -0.0224. The van der Waals surface area contributed by atoms with E-state index < -0.39 is 0 Å². The second kappa shape index (κ2) is 5.25. The highest BCUT2D eigenvalue weighted by molar-refractivity contribution is 5.79. The summed E-state index contributed by atoms with van der Waals surface area (Å²) in [5, 5.41) is 0. The van der Waals surface area contributed by atoms with Gasteiger partial charge in [-0.15, -0.1) is 0 Å². The lowest BCUT2D eigenvalue weighted by Gasteiger charge is -2.39. The van der Waals surface area contributed by atoms with E-state index in [1.807, 2.05) is 4.90 Å². The van der Waals surface area contributed by atoms with Gasteiger partial charge in [0.05, 0.1) is 18.3 Å². The van der Waals surface area contributed by atoms with Gasteiger partial charge in [-0.2, -0.15) is 0 Å². The fraction of sp³-hybridized carbons (Fsp3) is 0.800. The number of carbonyl (C=O) groups excluding carboxylic acids is 1. The average Bonchev–Trinajstić information content (AvgIpc) is 3.09. The molecule has 2 fully saturated rings. The fourth-order valence-electron chi connectivity index (χ4n) is 3.51. The Morgan fingerprint density at radius 2 is 2.00 bits per heavy atom. The second-order valence-corrected chi connectivity index (χ2v) is 6.02. The number of hydrogen-bond acceptors (Lipinski definition) is 3. The number of piperidine rings is 1. The predicted molar refractivity (Wildman–Crippen MR) is 71.8 cm³/mol. The van der Waals surface area contributed by atoms with Gasteiger partial charge in [-0.3, -0.25) is 4.79 Å². The highest BCUT2D eigenvalue weighted by atomic mass is 16.6. The van der Waals surface area contributed by atoms with Gasteiger partial charge in [-0.25, -0.2) is 0 Å². The standard InChI is InChI=1S/C15H23NO3/c1-18-13-10-15(19-11-13)6-8-16(9-7-15)14(17)12-4-2-3-5-12/h2-3,12-13H,4-11H2,1H3. The molecular formula is C15H23NO3. The quantitative estimate of drug-likeness (QED) is 0.714. The first-order valence-electron chi connectivity index (χ1n) is 7.33. The molecule has 0 N–H and O–H groups in total. The lowest BCUT2D eigenvalue weighted by molar-refractivity contribution is -0.139. The van der Waals surface area contributed by atoms with Crippen LogP contribution in [0.1, 0.15) is 32.1 Å². The number of allylic oxidation sites excluding steroid dienone is 2. The molecule has 106 valence electrons. The molecular weight excluding hydrogens is 242 g/mol. The number of methoxy groups -OCH3 is 1. The van der Waals surface area contributed by atoms with Gasteiger partial charge in [-0.1, -0.05) is 12.2 Å². The number of amides is 1. The molecule has 4 heteroatoms. The van der Waals surface area contributed by atoms with E-state index in [2.05, 4.69) is 12.2 Å². The first kappa shape index (κ1) is 13.1. The maximum atomic E-state index is 12.3. The Hall–Kier alpha value is -0.870. The summed E-state index contributed by atoms with van der Waals surface area (Å²) in [6.45, 7) is 2.38. The molecule has 1 spiro atoms. The third-order valence-electron chi connectivity index (χ3n) is 4.85. The summed E-state index contributed by atoms with van der Waals surface area (Å²) in [7, 11) is 1.75. The van der Waals surface area contributed by atoms with Crippen molar-refractivity contribution in [2.24, 2.45) is 5.92 Å². The Kier molecular flexibility index (Phi) is 3.63. The van der Waals surface area contributed by atoms with E-state index in [1.165, 1.54) is 0 Å². The van der Waals surface area contributed by atoms with Gasteiger partial charge in [0, 0.05) is 32.5 Å². The molecule has 1 unspecified atom stereocenters. The number of likely N-dealkylation sites (tertiary alicyclic amines) is 1. The van der Waals surface area contributed by atoms with Crippen LogP contribution in [0, 0.1) is 5.92 Å². The highest BCUT2D eigenvalue weighted by Crippen LogP contribution is 2.37. The third-order valence-corrected chi connectivity index (χ3v) is 4.85. The minimum Gasteiger partial charge on any atom is -0.379 e. The summed E-state index contributed by atoms with van der Waals surface area (Å²) in [5.74, 6) is 0.534. The van der Waals surface area contributed by atoms with Gasteiger partial charge in [0.1, 0.15) is 0 Å². The number of carbonyl (C=O) groups is 1. The Labute approximate surface area is 114 Å². The van der Waals surface area contributed by atoms with E-state index >= 15 is 0 Å². The van der Waals surface area contributed by atoms with E-state index in [1.54, 1.807) is 7.11 Å². The molecule has 1 amide bonds. The third kappa shape index (κ3) is 2.56. The van der Waals surface area contributed by atoms with Crippen molar-refractivity contribution in [3.05, 3.63) is 12.2 Å². The summed E-state index contributed by atoms with van der Waals surface area (Å²) in [6.07, 6.45) is 9.22. The van der Waals surface area contributed by atoms with E-state index in [0.29, 0.717) is 12.5 Å². The van der Waals surface area contributed by atoms with Gasteiger partial charge in [-0.05, 0) is 25.7 Å². The molecule has 1 aliphatic carbocycles. The lowest BCUT2D eigenvalue weighted by atomic mass is 9.87. The molecule has 19 heavy (non-hydrogen) atoms. The van der Waals surface area contributed by atoms with Crippen molar-refractivity contribution in [3.63, 3.8) is 0 Å². The van der Waals surface area contributed by atoms with Crippen LogP contribution in [0.2, 0.25) is 0 Å². The molecule has 0 aromatic rings. The van der Waals surface area contributed by atoms with E-state index in [9.17, 15) is 4.79 Å². The summed E-state index contributed by atoms with van der Waals surface area (Å²) < 4.78 is 11.3. The lowest BCUT2D eigenvalue weighted by Crippen LogP contribution is -2.48. The topological polar surface area (TPSA) is 38.8 Å². The SMILES string of the molecule is COC1COC2(CCN(C(=O)C3CC=CC3)CC2)C1. The van der Waals surface area contributed by atoms with Crippen LogP contribution in [0.15, 0.2) is 12.2 Å². The molecule has 4 nitrogen and oxygen atoms in total. The van der Waals surface area contributed by atoms with Crippen molar-refractivity contribution in [2.75, 3.05) is 26.8 Å². The molecule has 2 saturated heterocycles. The van der Waals surface area contributed by atoms with E-state index in [4.69, 9.17) is 9.47 Å². The molecule has 2 aliphatic heterocycles. The van der Waals surface area contributed by atoms with Gasteiger partial charge in [0.25, 0.3) is 0 Å². The molecule has 0 radical (unpaired) electrons. The molecule has 0 aromatic heterocycles. The number of nitrogens with zero attached hydrogens (tertiary/aromatic N) is 1. The molecule has 0 bridgehead atoms. The zero-order chi connectivity index (χ0) is 13.3. The van der Waals surface area contributed by atoms with Gasteiger partial charge in [0.15, 0.2) is 0 Å². The van der Waals surface area contributed by atoms with Crippen molar-refractivity contribution >= 4 is 5.91 Å². The van der Waals surface area contributed by atoms with Gasteiger partial charge < -0.3 is 14.4 Å². The summed E-state index contributed by atoms with van der Waals surface area (Å²) in [4.78, 5) is 14.4. The van der Waals surface area contributed by atoms with Crippen molar-refractivity contribution in [3.8, 4) is 0 Å². The Morgan fingerprint density at radius 1 is 1.32 bits per heavy atom. The summed E-state index contributed by atoms with van der Waals surface area (Å²) >= 11 is 0. The highest BCUT2D eigenvalue weighted by Gasteiger charge is 2.44. The summed E-state index contributed by atoms with van der Waals surface area (Å²) in [6, 6.07) is 0. The molecule has 3 aliphatic rings. The zero-order valence-electron chi connectivity index (χ0n) is 11.6. The minimum absolute atomic E-state index is 0.0224. The van der Waals surface area contributed by atoms with Crippen LogP contribution in [-0.4, -0.2) is 49.3 Å².